The van der Waals surface area contributed by atoms with Gasteiger partial charge >= 0.3 is 5.97 Å². The van der Waals surface area contributed by atoms with Gasteiger partial charge in [0.15, 0.2) is 0 Å². The Balaban J connectivity index is 2.20. The average molecular weight is 294 g/mol. The molecule has 4 nitrogen and oxygen atoms in total. The summed E-state index contributed by atoms with van der Waals surface area (Å²) in [4.78, 5) is 14.5. The van der Waals surface area contributed by atoms with Crippen molar-refractivity contribution < 1.29 is 14.6 Å². The summed E-state index contributed by atoms with van der Waals surface area (Å²) in [6, 6.07) is 10.3. The van der Waals surface area contributed by atoms with Gasteiger partial charge in [-0.05, 0) is 34.1 Å². The molecule has 1 N–H and O–H groups in total. The van der Waals surface area contributed by atoms with E-state index in [9.17, 15) is 4.79 Å². The zero-order chi connectivity index (χ0) is 12.3. The van der Waals surface area contributed by atoms with Gasteiger partial charge in [0.1, 0.15) is 5.75 Å². The first-order chi connectivity index (χ1) is 8.16. The van der Waals surface area contributed by atoms with Crippen molar-refractivity contribution in [1.82, 2.24) is 4.98 Å². The minimum atomic E-state index is -1.01. The molecule has 1 heterocycles. The average Bonchev–Trinajstić information content (AvgIpc) is 2.33. The largest absolute Gasteiger partial charge is 0.478 e. The number of carboxylic acids is 1. The van der Waals surface area contributed by atoms with E-state index in [0.717, 1.165) is 4.47 Å². The lowest BCUT2D eigenvalue weighted by Crippen LogP contribution is -1.97. The molecule has 1 aromatic carbocycles. The molecule has 0 radical (unpaired) electrons. The van der Waals surface area contributed by atoms with Gasteiger partial charge in [0.25, 0.3) is 0 Å². The number of hydrogen-bond donors (Lipinski definition) is 1. The van der Waals surface area contributed by atoms with E-state index in [1.807, 2.05) is 18.2 Å². The number of carboxylic acid groups (broad SMARTS) is 1. The topological polar surface area (TPSA) is 59.4 Å². The fraction of sp³-hybridized carbons (Fsp3) is 0. The quantitative estimate of drug-likeness (QED) is 0.943. The number of rotatable bonds is 3. The minimum Gasteiger partial charge on any atom is -0.478 e. The number of benzene rings is 1. The van der Waals surface area contributed by atoms with E-state index >= 15 is 0 Å². The van der Waals surface area contributed by atoms with Crippen LogP contribution in [0, 0.1) is 0 Å². The van der Waals surface area contributed by atoms with Gasteiger partial charge < -0.3 is 9.84 Å². The van der Waals surface area contributed by atoms with Crippen LogP contribution in [0.3, 0.4) is 0 Å². The molecule has 0 amide bonds. The summed E-state index contributed by atoms with van der Waals surface area (Å²) in [6.45, 7) is 0. The molecule has 0 spiro atoms. The van der Waals surface area contributed by atoms with Gasteiger partial charge in [-0.15, -0.1) is 0 Å². The smallest absolute Gasteiger partial charge is 0.337 e. The molecule has 0 aliphatic carbocycles. The van der Waals surface area contributed by atoms with Crippen molar-refractivity contribution >= 4 is 21.9 Å². The lowest BCUT2D eigenvalue weighted by atomic mass is 10.3. The molecule has 5 heteroatoms. The van der Waals surface area contributed by atoms with Crippen molar-refractivity contribution in [2.75, 3.05) is 0 Å². The summed E-state index contributed by atoms with van der Waals surface area (Å²) in [6.07, 6.45) is 1.26. The minimum absolute atomic E-state index is 0.129. The van der Waals surface area contributed by atoms with E-state index in [1.54, 1.807) is 6.07 Å². The maximum absolute atomic E-state index is 10.6. The van der Waals surface area contributed by atoms with E-state index < -0.39 is 5.97 Å². The van der Waals surface area contributed by atoms with E-state index in [-0.39, 0.29) is 5.56 Å². The summed E-state index contributed by atoms with van der Waals surface area (Å²) in [5.74, 6) is -0.0325. The third-order valence-corrected chi connectivity index (χ3v) is 2.69. The van der Waals surface area contributed by atoms with Gasteiger partial charge in [0.2, 0.25) is 5.88 Å². The van der Waals surface area contributed by atoms with Gasteiger partial charge in [0.05, 0.1) is 10.0 Å². The molecule has 0 aliphatic heterocycles. The lowest BCUT2D eigenvalue weighted by Gasteiger charge is -2.06. The molecule has 1 aromatic heterocycles. The number of halogens is 1. The lowest BCUT2D eigenvalue weighted by molar-refractivity contribution is 0.0696. The van der Waals surface area contributed by atoms with Gasteiger partial charge in [0, 0.05) is 12.3 Å². The second kappa shape index (κ2) is 4.97. The van der Waals surface area contributed by atoms with E-state index in [1.165, 1.54) is 18.3 Å². The summed E-state index contributed by atoms with van der Waals surface area (Å²) >= 11 is 3.34. The predicted molar refractivity (Wildman–Crippen MR) is 65.4 cm³/mol. The van der Waals surface area contributed by atoms with Crippen LogP contribution in [-0.2, 0) is 0 Å². The van der Waals surface area contributed by atoms with Crippen LogP contribution < -0.4 is 4.74 Å². The van der Waals surface area contributed by atoms with Gasteiger partial charge in [-0.3, -0.25) is 0 Å². The summed E-state index contributed by atoms with van der Waals surface area (Å²) in [5.41, 5.74) is 0.129. The van der Waals surface area contributed by atoms with Crippen LogP contribution in [0.5, 0.6) is 11.6 Å². The van der Waals surface area contributed by atoms with Crippen molar-refractivity contribution in [2.24, 2.45) is 0 Å². The standard InChI is InChI=1S/C12H8BrNO3/c13-9-3-1-2-4-10(9)17-11-6-5-8(7-14-11)12(15)16/h1-7H,(H,15,16). The third-order valence-electron chi connectivity index (χ3n) is 2.03. The molecular weight excluding hydrogens is 286 g/mol. The molecule has 0 saturated heterocycles. The van der Waals surface area contributed by atoms with Gasteiger partial charge in [-0.1, -0.05) is 12.1 Å². The Morgan fingerprint density at radius 1 is 1.24 bits per heavy atom. The Labute approximate surface area is 106 Å². The molecule has 2 rings (SSSR count). The Bertz CT molecular complexity index is 540. The molecule has 0 unspecified atom stereocenters. The fourth-order valence-electron chi connectivity index (χ4n) is 1.21. The molecular formula is C12H8BrNO3. The monoisotopic (exact) mass is 293 g/mol. The number of para-hydroxylation sites is 1. The molecule has 0 aliphatic rings. The van der Waals surface area contributed by atoms with Crippen LogP contribution in [0.2, 0.25) is 0 Å². The first-order valence-corrected chi connectivity index (χ1v) is 5.58. The highest BCUT2D eigenvalue weighted by Gasteiger charge is 2.05. The molecule has 86 valence electrons. The van der Waals surface area contributed by atoms with Crippen molar-refractivity contribution in [3.05, 3.63) is 52.6 Å². The molecule has 0 bridgehead atoms. The second-order valence-corrected chi connectivity index (χ2v) is 4.08. The Hall–Kier alpha value is -1.88. The van der Waals surface area contributed by atoms with E-state index in [0.29, 0.717) is 11.6 Å². The number of pyridine rings is 1. The Kier molecular flexibility index (Phi) is 3.39. The normalized spacial score (nSPS) is 9.94. The van der Waals surface area contributed by atoms with Crippen LogP contribution in [0.1, 0.15) is 10.4 Å². The third kappa shape index (κ3) is 2.82. The van der Waals surface area contributed by atoms with Crippen LogP contribution in [0.25, 0.3) is 0 Å². The summed E-state index contributed by atoms with van der Waals surface area (Å²) in [5, 5.41) is 8.72. The maximum atomic E-state index is 10.6. The van der Waals surface area contributed by atoms with Crippen LogP contribution in [0.15, 0.2) is 47.1 Å². The molecule has 2 aromatic rings. The Morgan fingerprint density at radius 2 is 2.00 bits per heavy atom. The highest BCUT2D eigenvalue weighted by Crippen LogP contribution is 2.27. The fourth-order valence-corrected chi connectivity index (χ4v) is 1.57. The predicted octanol–water partition coefficient (Wildman–Crippen LogP) is 3.33. The first kappa shape index (κ1) is 11.6. The van der Waals surface area contributed by atoms with Crippen LogP contribution in [0.4, 0.5) is 0 Å². The number of nitrogens with zero attached hydrogens (tertiary/aromatic N) is 1. The van der Waals surface area contributed by atoms with Crippen LogP contribution in [-0.4, -0.2) is 16.1 Å². The maximum Gasteiger partial charge on any atom is 0.337 e. The number of hydrogen-bond acceptors (Lipinski definition) is 3. The summed E-state index contributed by atoms with van der Waals surface area (Å²) in [7, 11) is 0. The SMILES string of the molecule is O=C(O)c1ccc(Oc2ccccc2Br)nc1. The number of ether oxygens (including phenoxy) is 1. The molecule has 0 fully saturated rings. The van der Waals surface area contributed by atoms with Crippen LogP contribution >= 0.6 is 15.9 Å². The van der Waals surface area contributed by atoms with E-state index in [2.05, 4.69) is 20.9 Å². The number of aromatic carboxylic acids is 1. The first-order valence-electron chi connectivity index (χ1n) is 4.78. The summed E-state index contributed by atoms with van der Waals surface area (Å²) < 4.78 is 6.30. The van der Waals surface area contributed by atoms with Crippen molar-refractivity contribution in [3.63, 3.8) is 0 Å². The zero-order valence-electron chi connectivity index (χ0n) is 8.63. The van der Waals surface area contributed by atoms with Gasteiger partial charge in [-0.25, -0.2) is 9.78 Å². The van der Waals surface area contributed by atoms with Crippen molar-refractivity contribution in [1.29, 1.82) is 0 Å². The molecule has 17 heavy (non-hydrogen) atoms. The highest BCUT2D eigenvalue weighted by molar-refractivity contribution is 9.10. The van der Waals surface area contributed by atoms with Gasteiger partial charge in [-0.2, -0.15) is 0 Å². The molecule has 0 saturated carbocycles. The van der Waals surface area contributed by atoms with E-state index in [4.69, 9.17) is 9.84 Å². The van der Waals surface area contributed by atoms with Crippen molar-refractivity contribution in [3.8, 4) is 11.6 Å². The number of aromatic nitrogens is 1. The molecule has 0 atom stereocenters. The zero-order valence-corrected chi connectivity index (χ0v) is 10.2. The second-order valence-electron chi connectivity index (χ2n) is 3.22. The number of carbonyl (C=O) groups is 1. The van der Waals surface area contributed by atoms with Crippen molar-refractivity contribution in [2.45, 2.75) is 0 Å². The Morgan fingerprint density at radius 3 is 2.59 bits per heavy atom. The highest BCUT2D eigenvalue weighted by atomic mass is 79.9.